The summed E-state index contributed by atoms with van der Waals surface area (Å²) in [6.07, 6.45) is 1.76. The molecule has 18 heavy (non-hydrogen) atoms. The van der Waals surface area contributed by atoms with Crippen LogP contribution in [0.5, 0.6) is 5.88 Å². The highest BCUT2D eigenvalue weighted by molar-refractivity contribution is 5.25. The van der Waals surface area contributed by atoms with Crippen molar-refractivity contribution >= 4 is 0 Å². The van der Waals surface area contributed by atoms with E-state index in [4.69, 9.17) is 4.74 Å². The van der Waals surface area contributed by atoms with Gasteiger partial charge in [0.15, 0.2) is 0 Å². The number of aromatic nitrogens is 1. The number of hydrogen-bond acceptors (Lipinski definition) is 3. The van der Waals surface area contributed by atoms with Gasteiger partial charge in [0.05, 0.1) is 7.11 Å². The maximum atomic E-state index is 5.25. The number of nitrogens with zero attached hydrogens (tertiary/aromatic N) is 1. The maximum Gasteiger partial charge on any atom is 0.217 e. The second-order valence-corrected chi connectivity index (χ2v) is 6.30. The zero-order valence-electron chi connectivity index (χ0n) is 12.1. The van der Waals surface area contributed by atoms with Crippen LogP contribution < -0.4 is 10.1 Å². The molecule has 0 unspecified atom stereocenters. The molecule has 0 radical (unpaired) electrons. The Morgan fingerprint density at radius 2 is 1.94 bits per heavy atom. The van der Waals surface area contributed by atoms with Crippen LogP contribution in [0.15, 0.2) is 18.3 Å². The van der Waals surface area contributed by atoms with E-state index in [1.165, 1.54) is 0 Å². The van der Waals surface area contributed by atoms with Crippen molar-refractivity contribution in [2.24, 2.45) is 16.7 Å². The van der Waals surface area contributed by atoms with Crippen molar-refractivity contribution in [3.05, 3.63) is 23.9 Å². The predicted octanol–water partition coefficient (Wildman–Crippen LogP) is 2.86. The zero-order valence-corrected chi connectivity index (χ0v) is 12.1. The Balaban J connectivity index is 1.87. The van der Waals surface area contributed by atoms with Crippen molar-refractivity contribution in [3.63, 3.8) is 0 Å². The van der Waals surface area contributed by atoms with Crippen molar-refractivity contribution in [2.45, 2.75) is 34.2 Å². The Hall–Kier alpha value is -1.09. The average Bonchev–Trinajstić information content (AvgIpc) is 2.72. The number of rotatable bonds is 5. The molecule has 1 aromatic heterocycles. The van der Waals surface area contributed by atoms with E-state index in [0.29, 0.717) is 10.8 Å². The monoisotopic (exact) mass is 248 g/mol. The molecule has 2 rings (SSSR count). The fraction of sp³-hybridized carbons (Fsp3) is 0.667. The summed E-state index contributed by atoms with van der Waals surface area (Å²) in [4.78, 5) is 4.21. The Morgan fingerprint density at radius 3 is 2.50 bits per heavy atom. The predicted molar refractivity (Wildman–Crippen MR) is 73.5 cm³/mol. The van der Waals surface area contributed by atoms with Gasteiger partial charge in [-0.1, -0.05) is 33.8 Å². The van der Waals surface area contributed by atoms with E-state index in [2.05, 4.69) is 44.1 Å². The summed E-state index contributed by atoms with van der Waals surface area (Å²) in [5.74, 6) is 1.46. The maximum absolute atomic E-state index is 5.25. The fourth-order valence-electron chi connectivity index (χ4n) is 2.94. The summed E-state index contributed by atoms with van der Waals surface area (Å²) < 4.78 is 5.25. The van der Waals surface area contributed by atoms with E-state index in [1.54, 1.807) is 13.3 Å². The molecule has 1 fully saturated rings. The molecule has 0 amide bonds. The summed E-state index contributed by atoms with van der Waals surface area (Å²) in [5.41, 5.74) is 2.01. The molecule has 1 saturated carbocycles. The smallest absolute Gasteiger partial charge is 0.217 e. The first kappa shape index (κ1) is 13.3. The summed E-state index contributed by atoms with van der Waals surface area (Å²) >= 11 is 0. The molecule has 1 aliphatic rings. The minimum Gasteiger partial charge on any atom is -0.481 e. The van der Waals surface area contributed by atoms with E-state index >= 15 is 0 Å². The normalized spacial score (nSPS) is 20.7. The van der Waals surface area contributed by atoms with Gasteiger partial charge in [-0.2, -0.15) is 0 Å². The number of nitrogens with one attached hydrogen (secondary N) is 1. The molecule has 0 aliphatic heterocycles. The standard InChI is InChI=1S/C15H24N2O/c1-14(2)12(15(14,3)4)10-16-9-11-7-6-8-17-13(11)18-5/h6-8,12,16H,9-10H2,1-5H3. The Labute approximate surface area is 110 Å². The van der Waals surface area contributed by atoms with Crippen LogP contribution in [0, 0.1) is 16.7 Å². The van der Waals surface area contributed by atoms with E-state index < -0.39 is 0 Å². The molecule has 0 spiro atoms. The molecule has 100 valence electrons. The van der Waals surface area contributed by atoms with Crippen LogP contribution in [0.2, 0.25) is 0 Å². The van der Waals surface area contributed by atoms with Crippen LogP contribution in [-0.4, -0.2) is 18.6 Å². The average molecular weight is 248 g/mol. The highest BCUT2D eigenvalue weighted by Gasteiger charge is 2.63. The molecule has 3 nitrogen and oxygen atoms in total. The van der Waals surface area contributed by atoms with E-state index in [9.17, 15) is 0 Å². The summed E-state index contributed by atoms with van der Waals surface area (Å²) in [5, 5.41) is 3.53. The van der Waals surface area contributed by atoms with Crippen molar-refractivity contribution < 1.29 is 4.74 Å². The van der Waals surface area contributed by atoms with Gasteiger partial charge in [0.2, 0.25) is 5.88 Å². The van der Waals surface area contributed by atoms with Crippen molar-refractivity contribution in [3.8, 4) is 5.88 Å². The molecular weight excluding hydrogens is 224 g/mol. The zero-order chi connectivity index (χ0) is 13.4. The first-order valence-corrected chi connectivity index (χ1v) is 6.60. The second kappa shape index (κ2) is 4.54. The van der Waals surface area contributed by atoms with Gasteiger partial charge in [-0.25, -0.2) is 4.98 Å². The van der Waals surface area contributed by atoms with E-state index in [1.807, 2.05) is 6.07 Å². The summed E-state index contributed by atoms with van der Waals surface area (Å²) in [6, 6.07) is 4.01. The van der Waals surface area contributed by atoms with Crippen LogP contribution in [0.3, 0.4) is 0 Å². The van der Waals surface area contributed by atoms with Gasteiger partial charge < -0.3 is 10.1 Å². The van der Waals surface area contributed by atoms with Crippen LogP contribution in [0.1, 0.15) is 33.3 Å². The second-order valence-electron chi connectivity index (χ2n) is 6.30. The largest absolute Gasteiger partial charge is 0.481 e. The number of hydrogen-bond donors (Lipinski definition) is 1. The summed E-state index contributed by atoms with van der Waals surface area (Å²) in [6.45, 7) is 11.3. The fourth-order valence-corrected chi connectivity index (χ4v) is 2.94. The van der Waals surface area contributed by atoms with Gasteiger partial charge in [0, 0.05) is 18.3 Å². The minimum absolute atomic E-state index is 0.443. The van der Waals surface area contributed by atoms with Gasteiger partial charge in [-0.15, -0.1) is 0 Å². The minimum atomic E-state index is 0.443. The lowest BCUT2D eigenvalue weighted by molar-refractivity contribution is 0.389. The Bertz CT molecular complexity index is 412. The molecule has 1 heterocycles. The topological polar surface area (TPSA) is 34.1 Å². The lowest BCUT2D eigenvalue weighted by Crippen LogP contribution is -2.19. The van der Waals surface area contributed by atoms with Crippen molar-refractivity contribution in [2.75, 3.05) is 13.7 Å². The van der Waals surface area contributed by atoms with E-state index in [-0.39, 0.29) is 0 Å². The van der Waals surface area contributed by atoms with Gasteiger partial charge in [0.25, 0.3) is 0 Å². The van der Waals surface area contributed by atoms with Gasteiger partial charge >= 0.3 is 0 Å². The van der Waals surface area contributed by atoms with Gasteiger partial charge in [-0.05, 0) is 29.4 Å². The molecular formula is C15H24N2O. The van der Waals surface area contributed by atoms with Crippen LogP contribution in [-0.2, 0) is 6.54 Å². The molecule has 1 aliphatic carbocycles. The molecule has 1 aromatic rings. The molecule has 0 aromatic carbocycles. The van der Waals surface area contributed by atoms with Crippen molar-refractivity contribution in [1.82, 2.24) is 10.3 Å². The van der Waals surface area contributed by atoms with Gasteiger partial charge in [0.1, 0.15) is 0 Å². The van der Waals surface area contributed by atoms with Crippen molar-refractivity contribution in [1.29, 1.82) is 0 Å². The number of methoxy groups -OCH3 is 1. The lowest BCUT2D eigenvalue weighted by Gasteiger charge is -2.09. The van der Waals surface area contributed by atoms with E-state index in [0.717, 1.165) is 30.5 Å². The molecule has 0 atom stereocenters. The first-order chi connectivity index (χ1) is 8.41. The summed E-state index contributed by atoms with van der Waals surface area (Å²) in [7, 11) is 1.67. The third kappa shape index (κ3) is 2.12. The third-order valence-corrected chi connectivity index (χ3v) is 5.03. The molecule has 0 bridgehead atoms. The first-order valence-electron chi connectivity index (χ1n) is 6.60. The number of ether oxygens (including phenoxy) is 1. The van der Waals surface area contributed by atoms with Gasteiger partial charge in [-0.3, -0.25) is 0 Å². The van der Waals surface area contributed by atoms with Crippen LogP contribution >= 0.6 is 0 Å². The Kier molecular flexibility index (Phi) is 3.37. The molecule has 3 heteroatoms. The third-order valence-electron chi connectivity index (χ3n) is 5.03. The molecule has 0 saturated heterocycles. The Morgan fingerprint density at radius 1 is 1.28 bits per heavy atom. The highest BCUT2D eigenvalue weighted by Crippen LogP contribution is 2.67. The van der Waals surface area contributed by atoms with Crippen LogP contribution in [0.25, 0.3) is 0 Å². The highest BCUT2D eigenvalue weighted by atomic mass is 16.5. The SMILES string of the molecule is COc1ncccc1CNCC1C(C)(C)C1(C)C. The molecule has 1 N–H and O–H groups in total. The number of pyridine rings is 1. The lowest BCUT2D eigenvalue weighted by atomic mass is 10.0. The quantitative estimate of drug-likeness (QED) is 0.870. The van der Waals surface area contributed by atoms with Crippen LogP contribution in [0.4, 0.5) is 0 Å².